The molecule has 4 rings (SSSR count). The van der Waals surface area contributed by atoms with Gasteiger partial charge in [0, 0.05) is 57.7 Å². The Bertz CT molecular complexity index is 281. The summed E-state index contributed by atoms with van der Waals surface area (Å²) in [5.74, 6) is 0.349. The molecular weight excluding hydrogens is 204 g/mol. The van der Waals surface area contributed by atoms with Gasteiger partial charge in [-0.3, -0.25) is 0 Å². The summed E-state index contributed by atoms with van der Waals surface area (Å²) in [4.78, 5) is 5.03. The third-order valence-electron chi connectivity index (χ3n) is 4.92. The predicted molar refractivity (Wildman–Crippen MR) is 61.3 cm³/mol. The van der Waals surface area contributed by atoms with Crippen LogP contribution in [0.5, 0.6) is 0 Å². The van der Waals surface area contributed by atoms with Crippen molar-refractivity contribution < 1.29 is 9.84 Å². The van der Waals surface area contributed by atoms with Gasteiger partial charge in [0.15, 0.2) is 0 Å². The molecule has 4 heteroatoms. The molecule has 0 radical (unpaired) electrons. The van der Waals surface area contributed by atoms with Crippen molar-refractivity contribution in [2.45, 2.75) is 12.5 Å². The molecule has 4 aliphatic heterocycles. The first kappa shape index (κ1) is 11.0. The molecule has 92 valence electrons. The van der Waals surface area contributed by atoms with Crippen LogP contribution in [0.4, 0.5) is 0 Å². The van der Waals surface area contributed by atoms with E-state index in [4.69, 9.17) is 4.74 Å². The van der Waals surface area contributed by atoms with Crippen LogP contribution in [0.1, 0.15) is 6.92 Å². The Balaban J connectivity index is 1.97. The molecule has 4 heterocycles. The molecule has 1 N–H and O–H groups in total. The van der Waals surface area contributed by atoms with E-state index < -0.39 is 5.60 Å². The van der Waals surface area contributed by atoms with Crippen LogP contribution in [0.25, 0.3) is 0 Å². The van der Waals surface area contributed by atoms with E-state index in [-0.39, 0.29) is 5.41 Å². The summed E-state index contributed by atoms with van der Waals surface area (Å²) in [6.07, 6.45) is 0. The maximum absolute atomic E-state index is 11.0. The molecule has 0 aromatic heterocycles. The Morgan fingerprint density at radius 1 is 1.25 bits per heavy atom. The molecule has 4 saturated heterocycles. The van der Waals surface area contributed by atoms with Crippen molar-refractivity contribution in [1.29, 1.82) is 0 Å². The lowest BCUT2D eigenvalue weighted by Gasteiger charge is -2.59. The van der Waals surface area contributed by atoms with Gasteiger partial charge in [-0.2, -0.15) is 0 Å². The van der Waals surface area contributed by atoms with Crippen molar-refractivity contribution in [2.75, 3.05) is 53.0 Å². The highest BCUT2D eigenvalue weighted by Crippen LogP contribution is 2.47. The van der Waals surface area contributed by atoms with E-state index >= 15 is 0 Å². The minimum Gasteiger partial charge on any atom is -0.386 e. The van der Waals surface area contributed by atoms with Crippen LogP contribution in [0.15, 0.2) is 0 Å². The van der Waals surface area contributed by atoms with Crippen molar-refractivity contribution in [3.8, 4) is 0 Å². The maximum atomic E-state index is 11.0. The highest BCUT2D eigenvalue weighted by molar-refractivity contribution is 5.12. The van der Waals surface area contributed by atoms with Crippen molar-refractivity contribution in [3.63, 3.8) is 0 Å². The van der Waals surface area contributed by atoms with Gasteiger partial charge in [-0.15, -0.1) is 0 Å². The van der Waals surface area contributed by atoms with E-state index in [9.17, 15) is 5.11 Å². The third-order valence-corrected chi connectivity index (χ3v) is 4.92. The summed E-state index contributed by atoms with van der Waals surface area (Å²) >= 11 is 0. The number of rotatable bonds is 2. The lowest BCUT2D eigenvalue weighted by Crippen LogP contribution is -2.71. The van der Waals surface area contributed by atoms with Gasteiger partial charge in [0.25, 0.3) is 0 Å². The molecule has 4 nitrogen and oxygen atoms in total. The number of nitrogens with zero attached hydrogens (tertiary/aromatic N) is 2. The normalized spacial score (nSPS) is 55.3. The molecule has 0 aliphatic carbocycles. The number of hydrogen-bond acceptors (Lipinski definition) is 4. The first-order valence-corrected chi connectivity index (χ1v) is 6.23. The first-order chi connectivity index (χ1) is 7.57. The number of aliphatic hydroxyl groups is 1. The number of piperidine rings is 2. The first-order valence-electron chi connectivity index (χ1n) is 6.23. The molecule has 0 amide bonds. The Kier molecular flexibility index (Phi) is 2.34. The molecule has 0 saturated carbocycles. The van der Waals surface area contributed by atoms with Crippen molar-refractivity contribution in [3.05, 3.63) is 0 Å². The number of ether oxygens (including phenoxy) is 1. The van der Waals surface area contributed by atoms with E-state index in [1.807, 2.05) is 0 Å². The van der Waals surface area contributed by atoms with Crippen LogP contribution in [0, 0.1) is 11.3 Å². The summed E-state index contributed by atoms with van der Waals surface area (Å²) in [5, 5.41) is 11.0. The molecule has 0 spiro atoms. The second kappa shape index (κ2) is 3.42. The monoisotopic (exact) mass is 226 g/mol. The molecule has 16 heavy (non-hydrogen) atoms. The molecule has 0 aromatic carbocycles. The predicted octanol–water partition coefficient (Wildman–Crippen LogP) is -0.369. The Morgan fingerprint density at radius 2 is 1.81 bits per heavy atom. The highest BCUT2D eigenvalue weighted by Gasteiger charge is 2.60. The molecule has 4 bridgehead atoms. The molecule has 3 atom stereocenters. The van der Waals surface area contributed by atoms with Crippen molar-refractivity contribution in [2.24, 2.45) is 11.3 Å². The largest absolute Gasteiger partial charge is 0.386 e. The molecule has 4 aliphatic rings. The van der Waals surface area contributed by atoms with Crippen molar-refractivity contribution in [1.82, 2.24) is 9.80 Å². The average molecular weight is 226 g/mol. The fraction of sp³-hybridized carbons (Fsp3) is 1.00. The van der Waals surface area contributed by atoms with Crippen LogP contribution in [-0.4, -0.2) is 73.5 Å². The van der Waals surface area contributed by atoms with Gasteiger partial charge in [0.05, 0.1) is 6.61 Å². The quantitative estimate of drug-likeness (QED) is 0.697. The van der Waals surface area contributed by atoms with Gasteiger partial charge in [-0.25, -0.2) is 0 Å². The Labute approximate surface area is 97.2 Å². The van der Waals surface area contributed by atoms with Gasteiger partial charge in [0.1, 0.15) is 5.60 Å². The fourth-order valence-electron chi connectivity index (χ4n) is 4.05. The third kappa shape index (κ3) is 1.30. The van der Waals surface area contributed by atoms with Crippen LogP contribution < -0.4 is 0 Å². The minimum atomic E-state index is -0.626. The zero-order chi connectivity index (χ0) is 11.4. The summed E-state index contributed by atoms with van der Waals surface area (Å²) in [7, 11) is 1.70. The highest BCUT2D eigenvalue weighted by atomic mass is 16.5. The summed E-state index contributed by atoms with van der Waals surface area (Å²) < 4.78 is 5.29. The van der Waals surface area contributed by atoms with Gasteiger partial charge >= 0.3 is 0 Å². The van der Waals surface area contributed by atoms with E-state index in [1.165, 1.54) is 0 Å². The minimum absolute atomic E-state index is 0.0271. The summed E-state index contributed by atoms with van der Waals surface area (Å²) in [6.45, 7) is 9.13. The molecule has 2 unspecified atom stereocenters. The Morgan fingerprint density at radius 3 is 2.25 bits per heavy atom. The molecule has 4 fully saturated rings. The zero-order valence-corrected chi connectivity index (χ0v) is 10.3. The van der Waals surface area contributed by atoms with E-state index in [0.717, 1.165) is 39.3 Å². The van der Waals surface area contributed by atoms with E-state index in [2.05, 4.69) is 16.7 Å². The lowest BCUT2D eigenvalue weighted by molar-refractivity contribution is -0.213. The molecular formula is C12H22N2O2. The van der Waals surface area contributed by atoms with Gasteiger partial charge < -0.3 is 19.6 Å². The topological polar surface area (TPSA) is 35.9 Å². The van der Waals surface area contributed by atoms with Gasteiger partial charge in [0.2, 0.25) is 0 Å². The summed E-state index contributed by atoms with van der Waals surface area (Å²) in [5.41, 5.74) is -0.653. The smallest absolute Gasteiger partial charge is 0.101 e. The van der Waals surface area contributed by atoms with Gasteiger partial charge in [-0.1, -0.05) is 6.92 Å². The molecule has 0 aromatic rings. The SMILES string of the molecule is COC[C@@]1(O)C2CN3CCN(C2)CC1(C)C3. The second-order valence-corrected chi connectivity index (χ2v) is 6.09. The second-order valence-electron chi connectivity index (χ2n) is 6.09. The maximum Gasteiger partial charge on any atom is 0.101 e. The lowest BCUT2D eigenvalue weighted by atomic mass is 9.61. The van der Waals surface area contributed by atoms with E-state index in [0.29, 0.717) is 12.5 Å². The van der Waals surface area contributed by atoms with E-state index in [1.54, 1.807) is 7.11 Å². The number of hydrogen-bond donors (Lipinski definition) is 1. The number of methoxy groups -OCH3 is 1. The standard InChI is InChI=1S/C12H22N2O2/c1-11-7-13-3-4-14(8-11)6-10(5-13)12(11,15)9-16-2/h10,15H,3-9H2,1-2H3/t10?,11?,12-/m1/s1. The van der Waals surface area contributed by atoms with Gasteiger partial charge in [-0.05, 0) is 0 Å². The zero-order valence-electron chi connectivity index (χ0n) is 10.3. The number of fused-ring (bicyclic) bond motifs is 1. The van der Waals surface area contributed by atoms with Crippen LogP contribution in [0.3, 0.4) is 0 Å². The fourth-order valence-corrected chi connectivity index (χ4v) is 4.05. The summed E-state index contributed by atoms with van der Waals surface area (Å²) in [6, 6.07) is 0. The van der Waals surface area contributed by atoms with Crippen molar-refractivity contribution >= 4 is 0 Å². The van der Waals surface area contributed by atoms with Crippen LogP contribution >= 0.6 is 0 Å². The average Bonchev–Trinajstić information content (AvgIpc) is 2.44. The van der Waals surface area contributed by atoms with Crippen LogP contribution in [-0.2, 0) is 4.74 Å². The Hall–Kier alpha value is -0.160. The van der Waals surface area contributed by atoms with Crippen LogP contribution in [0.2, 0.25) is 0 Å².